The Labute approximate surface area is 157 Å². The zero-order valence-corrected chi connectivity index (χ0v) is 15.0. The molecule has 6 heteroatoms. The molecule has 1 aliphatic rings. The second kappa shape index (κ2) is 8.67. The van der Waals surface area contributed by atoms with Crippen LogP contribution in [0, 0.1) is 0 Å². The van der Waals surface area contributed by atoms with Crippen molar-refractivity contribution in [1.29, 1.82) is 0 Å². The van der Waals surface area contributed by atoms with Crippen molar-refractivity contribution >= 4 is 5.78 Å². The molecule has 0 aliphatic carbocycles. The minimum atomic E-state index is -4.43. The van der Waals surface area contributed by atoms with Crippen LogP contribution in [0.15, 0.2) is 54.6 Å². The van der Waals surface area contributed by atoms with Gasteiger partial charge in [0.25, 0.3) is 0 Å². The molecule has 1 saturated heterocycles. The Hall–Kier alpha value is -2.18. The van der Waals surface area contributed by atoms with E-state index in [0.29, 0.717) is 6.54 Å². The molecule has 1 heterocycles. The van der Waals surface area contributed by atoms with E-state index in [1.807, 2.05) is 18.2 Å². The fourth-order valence-corrected chi connectivity index (χ4v) is 3.44. The van der Waals surface area contributed by atoms with Gasteiger partial charge in [-0.3, -0.25) is 9.69 Å². The van der Waals surface area contributed by atoms with Crippen molar-refractivity contribution in [2.24, 2.45) is 0 Å². The van der Waals surface area contributed by atoms with E-state index in [2.05, 4.69) is 22.3 Å². The smallest absolute Gasteiger partial charge is 0.314 e. The number of rotatable bonds is 6. The number of hydrogen-bond acceptors (Lipinski definition) is 3. The highest BCUT2D eigenvalue weighted by Gasteiger charge is 2.31. The van der Waals surface area contributed by atoms with Gasteiger partial charge in [-0.2, -0.15) is 13.2 Å². The van der Waals surface area contributed by atoms with E-state index in [-0.39, 0.29) is 23.8 Å². The molecular formula is C21H23F3N2O. The maximum atomic E-state index is 12.8. The summed E-state index contributed by atoms with van der Waals surface area (Å²) in [6, 6.07) is 15.1. The van der Waals surface area contributed by atoms with Gasteiger partial charge in [0.15, 0.2) is 5.78 Å². The number of carbonyl (C=O) groups excluding carboxylic acids is 1. The predicted octanol–water partition coefficient (Wildman–Crippen LogP) is 3.79. The van der Waals surface area contributed by atoms with Crippen molar-refractivity contribution in [1.82, 2.24) is 10.2 Å². The number of Topliss-reactive ketones (excluding diaryl/α,β-unsaturated/α-hetero) is 1. The summed E-state index contributed by atoms with van der Waals surface area (Å²) < 4.78 is 38.5. The van der Waals surface area contributed by atoms with Crippen molar-refractivity contribution in [2.75, 3.05) is 26.2 Å². The highest BCUT2D eigenvalue weighted by atomic mass is 19.4. The second-order valence-electron chi connectivity index (χ2n) is 6.84. The molecule has 0 radical (unpaired) electrons. The number of nitrogens with one attached hydrogen (secondary N) is 1. The quantitative estimate of drug-likeness (QED) is 0.779. The molecule has 27 heavy (non-hydrogen) atoms. The molecule has 1 aliphatic heterocycles. The lowest BCUT2D eigenvalue weighted by molar-refractivity contribution is -0.137. The molecule has 0 amide bonds. The van der Waals surface area contributed by atoms with Crippen LogP contribution in [0.3, 0.4) is 0 Å². The first-order valence-electron chi connectivity index (χ1n) is 9.12. The van der Waals surface area contributed by atoms with E-state index < -0.39 is 11.7 Å². The highest BCUT2D eigenvalue weighted by molar-refractivity contribution is 5.96. The average Bonchev–Trinajstić information content (AvgIpc) is 2.67. The number of carbonyl (C=O) groups is 1. The first-order chi connectivity index (χ1) is 12.9. The van der Waals surface area contributed by atoms with Gasteiger partial charge in [0.1, 0.15) is 0 Å². The highest BCUT2D eigenvalue weighted by Crippen LogP contribution is 2.29. The maximum Gasteiger partial charge on any atom is 0.416 e. The monoisotopic (exact) mass is 376 g/mol. The summed E-state index contributed by atoms with van der Waals surface area (Å²) in [5, 5.41) is 3.38. The molecule has 2 aromatic carbocycles. The third-order valence-electron chi connectivity index (χ3n) is 4.92. The summed E-state index contributed by atoms with van der Waals surface area (Å²) in [7, 11) is 0. The molecule has 144 valence electrons. The maximum absolute atomic E-state index is 12.8. The summed E-state index contributed by atoms with van der Waals surface area (Å²) in [5.41, 5.74) is 0.581. The first-order valence-corrected chi connectivity index (χ1v) is 9.12. The normalized spacial score (nSPS) is 18.4. The van der Waals surface area contributed by atoms with Crippen molar-refractivity contribution in [3.63, 3.8) is 0 Å². The summed E-state index contributed by atoms with van der Waals surface area (Å²) in [6.07, 6.45) is -3.34. The fraction of sp³-hybridized carbons (Fsp3) is 0.381. The molecule has 3 nitrogen and oxygen atoms in total. The van der Waals surface area contributed by atoms with Crippen LogP contribution in [0.1, 0.15) is 27.9 Å². The van der Waals surface area contributed by atoms with Gasteiger partial charge in [0.2, 0.25) is 0 Å². The Morgan fingerprint density at radius 1 is 1.11 bits per heavy atom. The van der Waals surface area contributed by atoms with Crippen molar-refractivity contribution in [3.05, 3.63) is 71.3 Å². The average molecular weight is 376 g/mol. The van der Waals surface area contributed by atoms with Crippen LogP contribution in [0.4, 0.5) is 13.2 Å². The summed E-state index contributed by atoms with van der Waals surface area (Å²) >= 11 is 0. The molecule has 1 N–H and O–H groups in total. The number of halogens is 3. The van der Waals surface area contributed by atoms with E-state index in [1.54, 1.807) is 0 Å². The first kappa shape index (κ1) is 19.6. The van der Waals surface area contributed by atoms with Gasteiger partial charge < -0.3 is 5.32 Å². The third-order valence-corrected chi connectivity index (χ3v) is 4.92. The fourth-order valence-electron chi connectivity index (χ4n) is 3.44. The van der Waals surface area contributed by atoms with Crippen LogP contribution < -0.4 is 5.32 Å². The van der Waals surface area contributed by atoms with Gasteiger partial charge in [-0.25, -0.2) is 0 Å². The largest absolute Gasteiger partial charge is 0.416 e. The van der Waals surface area contributed by atoms with E-state index in [4.69, 9.17) is 0 Å². The molecule has 0 saturated carbocycles. The molecule has 0 aromatic heterocycles. The molecule has 3 rings (SSSR count). The van der Waals surface area contributed by atoms with Crippen LogP contribution in [0.25, 0.3) is 0 Å². The van der Waals surface area contributed by atoms with Crippen LogP contribution in [-0.4, -0.2) is 42.9 Å². The Balaban J connectivity index is 1.61. The Kier molecular flexibility index (Phi) is 6.29. The van der Waals surface area contributed by atoms with Crippen molar-refractivity contribution < 1.29 is 18.0 Å². The number of piperazine rings is 1. The lowest BCUT2D eigenvalue weighted by Gasteiger charge is -2.36. The van der Waals surface area contributed by atoms with Gasteiger partial charge in [-0.05, 0) is 24.1 Å². The predicted molar refractivity (Wildman–Crippen MR) is 98.8 cm³/mol. The summed E-state index contributed by atoms with van der Waals surface area (Å²) in [4.78, 5) is 14.7. The van der Waals surface area contributed by atoms with Gasteiger partial charge in [-0.1, -0.05) is 42.5 Å². The molecule has 1 unspecified atom stereocenters. The Morgan fingerprint density at radius 3 is 2.63 bits per heavy atom. The van der Waals surface area contributed by atoms with Gasteiger partial charge >= 0.3 is 6.18 Å². The zero-order chi connectivity index (χ0) is 19.3. The molecule has 1 fully saturated rings. The molecule has 1 atom stereocenters. The van der Waals surface area contributed by atoms with Crippen LogP contribution in [0.5, 0.6) is 0 Å². The van der Waals surface area contributed by atoms with Gasteiger partial charge in [-0.15, -0.1) is 0 Å². The SMILES string of the molecule is O=C(CCN1CCNCC1Cc1ccccc1)c1cccc(C(F)(F)F)c1. The van der Waals surface area contributed by atoms with E-state index in [9.17, 15) is 18.0 Å². The minimum Gasteiger partial charge on any atom is -0.314 e. The van der Waals surface area contributed by atoms with Gasteiger partial charge in [0.05, 0.1) is 5.56 Å². The molecule has 2 aromatic rings. The van der Waals surface area contributed by atoms with Crippen LogP contribution >= 0.6 is 0 Å². The standard InChI is InChI=1S/C21H23F3N2O/c22-21(23,24)18-8-4-7-17(14-18)20(27)9-11-26-12-10-25-15-19(26)13-16-5-2-1-3-6-16/h1-8,14,19,25H,9-13,15H2. The van der Waals surface area contributed by atoms with Crippen LogP contribution in [-0.2, 0) is 12.6 Å². The topological polar surface area (TPSA) is 32.3 Å². The van der Waals surface area contributed by atoms with Crippen LogP contribution in [0.2, 0.25) is 0 Å². The minimum absolute atomic E-state index is 0.125. The number of nitrogens with zero attached hydrogens (tertiary/aromatic N) is 1. The number of hydrogen-bond donors (Lipinski definition) is 1. The molecule has 0 bridgehead atoms. The van der Waals surface area contributed by atoms with E-state index in [1.165, 1.54) is 17.7 Å². The lowest BCUT2D eigenvalue weighted by atomic mass is 10.0. The van der Waals surface area contributed by atoms with Crippen molar-refractivity contribution in [2.45, 2.75) is 25.1 Å². The van der Waals surface area contributed by atoms with E-state index >= 15 is 0 Å². The lowest BCUT2D eigenvalue weighted by Crippen LogP contribution is -2.52. The Bertz CT molecular complexity index is 762. The summed E-state index contributed by atoms with van der Waals surface area (Å²) in [6.45, 7) is 3.07. The second-order valence-corrected chi connectivity index (χ2v) is 6.84. The van der Waals surface area contributed by atoms with Gasteiger partial charge in [0, 0.05) is 44.2 Å². The van der Waals surface area contributed by atoms with Crippen molar-refractivity contribution in [3.8, 4) is 0 Å². The third kappa shape index (κ3) is 5.40. The number of benzene rings is 2. The molecular weight excluding hydrogens is 353 g/mol. The van der Waals surface area contributed by atoms with E-state index in [0.717, 1.165) is 38.2 Å². The number of alkyl halides is 3. The Morgan fingerprint density at radius 2 is 1.89 bits per heavy atom. The summed E-state index contributed by atoms with van der Waals surface area (Å²) in [5.74, 6) is -0.252. The number of ketones is 1. The molecule has 0 spiro atoms. The zero-order valence-electron chi connectivity index (χ0n) is 15.0.